The molecule has 108 valence electrons. The van der Waals surface area contributed by atoms with Crippen molar-refractivity contribution in [2.45, 2.75) is 18.9 Å². The number of carbonyl (C=O) groups is 1. The van der Waals surface area contributed by atoms with Gasteiger partial charge < -0.3 is 15.4 Å². The molecule has 2 N–H and O–H groups in total. The van der Waals surface area contributed by atoms with E-state index in [2.05, 4.69) is 4.90 Å². The predicted molar refractivity (Wildman–Crippen MR) is 73.4 cm³/mol. The van der Waals surface area contributed by atoms with Crippen molar-refractivity contribution in [3.63, 3.8) is 0 Å². The summed E-state index contributed by atoms with van der Waals surface area (Å²) < 4.78 is 5.37. The van der Waals surface area contributed by atoms with Gasteiger partial charge in [0.1, 0.15) is 6.10 Å². The summed E-state index contributed by atoms with van der Waals surface area (Å²) in [6.45, 7) is 1.73. The number of esters is 1. The maximum atomic E-state index is 12.1. The van der Waals surface area contributed by atoms with E-state index in [-0.39, 0.29) is 23.0 Å². The number of likely N-dealkylation sites (tertiary alicyclic amines) is 1. The Balaban J connectivity index is 2.08. The van der Waals surface area contributed by atoms with Gasteiger partial charge in [-0.2, -0.15) is 0 Å². The number of nitrogens with zero attached hydrogens (tertiary/aromatic N) is 2. The highest BCUT2D eigenvalue weighted by Crippen LogP contribution is 2.22. The van der Waals surface area contributed by atoms with E-state index in [4.69, 9.17) is 10.5 Å². The lowest BCUT2D eigenvalue weighted by molar-refractivity contribution is -0.384. The number of hydrogen-bond acceptors (Lipinski definition) is 6. The van der Waals surface area contributed by atoms with Crippen molar-refractivity contribution < 1.29 is 14.5 Å². The number of piperidine rings is 1. The highest BCUT2D eigenvalue weighted by Gasteiger charge is 2.23. The fraction of sp³-hybridized carbons (Fsp3) is 0.462. The van der Waals surface area contributed by atoms with E-state index in [1.807, 2.05) is 7.05 Å². The zero-order chi connectivity index (χ0) is 14.7. The quantitative estimate of drug-likeness (QED) is 0.389. The Kier molecular flexibility index (Phi) is 4.19. The van der Waals surface area contributed by atoms with Gasteiger partial charge in [0.15, 0.2) is 0 Å². The lowest BCUT2D eigenvalue weighted by atomic mass is 10.1. The molecule has 7 nitrogen and oxygen atoms in total. The maximum absolute atomic E-state index is 12.1. The lowest BCUT2D eigenvalue weighted by Crippen LogP contribution is -2.35. The van der Waals surface area contributed by atoms with Crippen LogP contribution in [0.2, 0.25) is 0 Å². The molecule has 0 atom stereocenters. The van der Waals surface area contributed by atoms with E-state index in [0.717, 1.165) is 32.0 Å². The number of benzene rings is 1. The number of anilines is 1. The van der Waals surface area contributed by atoms with E-state index in [0.29, 0.717) is 0 Å². The SMILES string of the molecule is CN1CCC(OC(=O)c2cc([N+](=O)[O-])ccc2N)CC1. The minimum Gasteiger partial charge on any atom is -0.459 e. The number of carbonyl (C=O) groups excluding carboxylic acids is 1. The molecule has 1 aliphatic heterocycles. The molecule has 0 aliphatic carbocycles. The van der Waals surface area contributed by atoms with Crippen LogP contribution in [-0.4, -0.2) is 42.0 Å². The molecule has 0 spiro atoms. The Bertz CT molecular complexity index is 524. The minimum absolute atomic E-state index is 0.0538. The molecule has 0 unspecified atom stereocenters. The molecule has 0 aromatic heterocycles. The molecule has 7 heteroatoms. The largest absolute Gasteiger partial charge is 0.459 e. The standard InChI is InChI=1S/C13H17N3O4/c1-15-6-4-10(5-7-15)20-13(17)11-8-9(16(18)19)2-3-12(11)14/h2-3,8,10H,4-7,14H2,1H3. The predicted octanol–water partition coefficient (Wildman–Crippen LogP) is 1.43. The Morgan fingerprint density at radius 2 is 2.10 bits per heavy atom. The van der Waals surface area contributed by atoms with Gasteiger partial charge >= 0.3 is 5.97 Å². The van der Waals surface area contributed by atoms with Gasteiger partial charge in [0.05, 0.1) is 10.5 Å². The third kappa shape index (κ3) is 3.24. The van der Waals surface area contributed by atoms with Crippen molar-refractivity contribution in [3.8, 4) is 0 Å². The molecule has 2 rings (SSSR count). The number of nitrogens with two attached hydrogens (primary N) is 1. The van der Waals surface area contributed by atoms with E-state index < -0.39 is 10.9 Å². The van der Waals surface area contributed by atoms with Crippen molar-refractivity contribution in [1.29, 1.82) is 0 Å². The number of nitrogen functional groups attached to an aromatic ring is 1. The molecule has 1 aliphatic rings. The second-order valence-electron chi connectivity index (χ2n) is 4.94. The summed E-state index contributed by atoms with van der Waals surface area (Å²) in [7, 11) is 2.01. The van der Waals surface area contributed by atoms with Crippen molar-refractivity contribution in [2.24, 2.45) is 0 Å². The van der Waals surface area contributed by atoms with Crippen LogP contribution < -0.4 is 5.73 Å². The Labute approximate surface area is 116 Å². The normalized spacial score (nSPS) is 16.9. The molecule has 0 radical (unpaired) electrons. The summed E-state index contributed by atoms with van der Waals surface area (Å²) >= 11 is 0. The average molecular weight is 279 g/mol. The molecule has 0 bridgehead atoms. The summed E-state index contributed by atoms with van der Waals surface area (Å²) in [5, 5.41) is 10.7. The first-order chi connectivity index (χ1) is 9.47. The van der Waals surface area contributed by atoms with Crippen molar-refractivity contribution in [2.75, 3.05) is 25.9 Å². The highest BCUT2D eigenvalue weighted by molar-refractivity contribution is 5.95. The molecule has 1 saturated heterocycles. The molecule has 1 heterocycles. The van der Waals surface area contributed by atoms with Gasteiger partial charge in [-0.25, -0.2) is 4.79 Å². The lowest BCUT2D eigenvalue weighted by Gasteiger charge is -2.28. The molecular formula is C13H17N3O4. The first-order valence-corrected chi connectivity index (χ1v) is 6.41. The van der Waals surface area contributed by atoms with Gasteiger partial charge in [-0.3, -0.25) is 10.1 Å². The van der Waals surface area contributed by atoms with Gasteiger partial charge in [0.25, 0.3) is 5.69 Å². The van der Waals surface area contributed by atoms with Crippen molar-refractivity contribution in [3.05, 3.63) is 33.9 Å². The Hall–Kier alpha value is -2.15. The summed E-state index contributed by atoms with van der Waals surface area (Å²) in [6, 6.07) is 3.78. The van der Waals surface area contributed by atoms with Crippen molar-refractivity contribution in [1.82, 2.24) is 4.90 Å². The smallest absolute Gasteiger partial charge is 0.340 e. The third-order valence-corrected chi connectivity index (χ3v) is 3.41. The third-order valence-electron chi connectivity index (χ3n) is 3.41. The van der Waals surface area contributed by atoms with Crippen LogP contribution in [0.4, 0.5) is 11.4 Å². The number of ether oxygens (including phenoxy) is 1. The number of non-ortho nitro benzene ring substituents is 1. The van der Waals surface area contributed by atoms with Crippen LogP contribution in [0.1, 0.15) is 23.2 Å². The first-order valence-electron chi connectivity index (χ1n) is 6.41. The van der Waals surface area contributed by atoms with Crippen LogP contribution in [0, 0.1) is 10.1 Å². The highest BCUT2D eigenvalue weighted by atomic mass is 16.6. The zero-order valence-electron chi connectivity index (χ0n) is 11.2. The first kappa shape index (κ1) is 14.3. The summed E-state index contributed by atoms with van der Waals surface area (Å²) in [5.74, 6) is -0.597. The van der Waals surface area contributed by atoms with Crippen LogP contribution in [0.25, 0.3) is 0 Å². The van der Waals surface area contributed by atoms with Gasteiger partial charge in [0, 0.05) is 30.9 Å². The van der Waals surface area contributed by atoms with Crippen LogP contribution in [0.5, 0.6) is 0 Å². The van der Waals surface area contributed by atoms with Gasteiger partial charge in [-0.15, -0.1) is 0 Å². The van der Waals surface area contributed by atoms with E-state index in [1.54, 1.807) is 0 Å². The number of nitro benzene ring substituents is 1. The second-order valence-corrected chi connectivity index (χ2v) is 4.94. The number of rotatable bonds is 3. The molecule has 1 fully saturated rings. The van der Waals surface area contributed by atoms with Crippen LogP contribution in [-0.2, 0) is 4.74 Å². The fourth-order valence-corrected chi connectivity index (χ4v) is 2.15. The molecule has 0 amide bonds. The minimum atomic E-state index is -0.597. The zero-order valence-corrected chi connectivity index (χ0v) is 11.2. The number of hydrogen-bond donors (Lipinski definition) is 1. The van der Waals surface area contributed by atoms with Gasteiger partial charge in [-0.1, -0.05) is 0 Å². The van der Waals surface area contributed by atoms with Gasteiger partial charge in [-0.05, 0) is 26.0 Å². The molecule has 1 aromatic rings. The van der Waals surface area contributed by atoms with E-state index in [1.165, 1.54) is 12.1 Å². The summed E-state index contributed by atoms with van der Waals surface area (Å²) in [4.78, 5) is 24.4. The molecule has 0 saturated carbocycles. The van der Waals surface area contributed by atoms with E-state index in [9.17, 15) is 14.9 Å². The summed E-state index contributed by atoms with van der Waals surface area (Å²) in [6.07, 6.45) is 1.37. The molecule has 20 heavy (non-hydrogen) atoms. The van der Waals surface area contributed by atoms with Crippen LogP contribution >= 0.6 is 0 Å². The molecular weight excluding hydrogens is 262 g/mol. The van der Waals surface area contributed by atoms with E-state index >= 15 is 0 Å². The summed E-state index contributed by atoms with van der Waals surface area (Å²) in [5.41, 5.74) is 5.76. The monoisotopic (exact) mass is 279 g/mol. The van der Waals surface area contributed by atoms with Crippen LogP contribution in [0.3, 0.4) is 0 Å². The topological polar surface area (TPSA) is 98.7 Å². The Morgan fingerprint density at radius 3 is 2.70 bits per heavy atom. The average Bonchev–Trinajstić information content (AvgIpc) is 2.41. The molecule has 1 aromatic carbocycles. The number of nitro groups is 1. The van der Waals surface area contributed by atoms with Crippen molar-refractivity contribution >= 4 is 17.3 Å². The Morgan fingerprint density at radius 1 is 1.45 bits per heavy atom. The van der Waals surface area contributed by atoms with Gasteiger partial charge in [0.2, 0.25) is 0 Å². The fourth-order valence-electron chi connectivity index (χ4n) is 2.15. The maximum Gasteiger partial charge on any atom is 0.340 e. The second kappa shape index (κ2) is 5.87. The van der Waals surface area contributed by atoms with Crippen LogP contribution in [0.15, 0.2) is 18.2 Å².